The van der Waals surface area contributed by atoms with Crippen LogP contribution in [-0.4, -0.2) is 18.3 Å². The van der Waals surface area contributed by atoms with Crippen LogP contribution in [0.4, 0.5) is 5.69 Å². The minimum Gasteiger partial charge on any atom is -0.493 e. The minimum atomic E-state index is -0.543. The molecule has 1 amide bonds. The normalized spacial score (nSPS) is 10.7. The molecule has 1 N–H and O–H groups in total. The van der Waals surface area contributed by atoms with Gasteiger partial charge in [0.1, 0.15) is 17.4 Å². The lowest BCUT2D eigenvalue weighted by molar-refractivity contribution is -0.112. The van der Waals surface area contributed by atoms with Gasteiger partial charge in [-0.15, -0.1) is 0 Å². The van der Waals surface area contributed by atoms with E-state index in [2.05, 4.69) is 5.32 Å². The van der Waals surface area contributed by atoms with Crippen molar-refractivity contribution in [2.75, 3.05) is 11.9 Å². The minimum absolute atomic E-state index is 0.0502. The van der Waals surface area contributed by atoms with E-state index in [1.54, 1.807) is 36.4 Å². The summed E-state index contributed by atoms with van der Waals surface area (Å²) in [7, 11) is 0. The topological polar surface area (TPSA) is 79.2 Å². The highest BCUT2D eigenvalue weighted by atomic mass is 16.5. The van der Waals surface area contributed by atoms with Crippen LogP contribution in [0.15, 0.2) is 54.1 Å². The quantitative estimate of drug-likeness (QED) is 0.461. The maximum atomic E-state index is 12.4. The number of carbonyl (C=O) groups is 2. The number of amides is 1. The summed E-state index contributed by atoms with van der Waals surface area (Å²) in [6.07, 6.45) is 2.35. The number of hydrogen-bond acceptors (Lipinski definition) is 4. The second kappa shape index (κ2) is 9.19. The summed E-state index contributed by atoms with van der Waals surface area (Å²) in [4.78, 5) is 23.9. The van der Waals surface area contributed by atoms with E-state index in [1.165, 1.54) is 13.0 Å². The van der Waals surface area contributed by atoms with Gasteiger partial charge in [0.05, 0.1) is 6.61 Å². The first-order chi connectivity index (χ1) is 12.5. The zero-order valence-electron chi connectivity index (χ0n) is 14.8. The van der Waals surface area contributed by atoms with Crippen molar-refractivity contribution < 1.29 is 14.3 Å². The van der Waals surface area contributed by atoms with Gasteiger partial charge in [-0.3, -0.25) is 9.59 Å². The molecule has 0 aromatic heterocycles. The van der Waals surface area contributed by atoms with Crippen molar-refractivity contribution in [1.29, 1.82) is 5.26 Å². The largest absolute Gasteiger partial charge is 0.493 e. The van der Waals surface area contributed by atoms with Gasteiger partial charge < -0.3 is 10.1 Å². The molecule has 2 aromatic rings. The van der Waals surface area contributed by atoms with Gasteiger partial charge in [-0.25, -0.2) is 0 Å². The summed E-state index contributed by atoms with van der Waals surface area (Å²) in [6.45, 7) is 4.01. The number of carbonyl (C=O) groups excluding carboxylic acids is 2. The number of anilines is 1. The molecule has 0 aliphatic heterocycles. The molecule has 0 radical (unpaired) electrons. The summed E-state index contributed by atoms with van der Waals surface area (Å²) < 4.78 is 5.65. The van der Waals surface area contributed by atoms with E-state index in [9.17, 15) is 14.9 Å². The Morgan fingerprint density at radius 1 is 1.19 bits per heavy atom. The molecule has 26 heavy (non-hydrogen) atoms. The molecule has 2 rings (SSSR count). The van der Waals surface area contributed by atoms with Gasteiger partial charge in [0, 0.05) is 16.8 Å². The molecular weight excluding hydrogens is 328 g/mol. The fraction of sp³-hybridized carbons (Fsp3) is 0.190. The average molecular weight is 348 g/mol. The SMILES string of the molecule is CCCOc1ccccc1/C=C(\C#N)C(=O)Nc1cccc(C(C)=O)c1. The second-order valence-corrected chi connectivity index (χ2v) is 5.65. The van der Waals surface area contributed by atoms with Gasteiger partial charge >= 0.3 is 0 Å². The molecule has 5 heteroatoms. The Balaban J connectivity index is 2.24. The first kappa shape index (κ1) is 18.9. The summed E-state index contributed by atoms with van der Waals surface area (Å²) in [5.41, 5.74) is 1.55. The van der Waals surface area contributed by atoms with E-state index < -0.39 is 5.91 Å². The van der Waals surface area contributed by atoms with Crippen LogP contribution in [-0.2, 0) is 4.79 Å². The van der Waals surface area contributed by atoms with Gasteiger partial charge in [0.2, 0.25) is 0 Å². The molecule has 0 unspecified atom stereocenters. The van der Waals surface area contributed by atoms with Crippen LogP contribution in [0.1, 0.15) is 36.2 Å². The van der Waals surface area contributed by atoms with Crippen molar-refractivity contribution in [3.63, 3.8) is 0 Å². The number of hydrogen-bond donors (Lipinski definition) is 1. The summed E-state index contributed by atoms with van der Waals surface area (Å²) in [6, 6.07) is 15.7. The molecule has 0 atom stereocenters. The fourth-order valence-electron chi connectivity index (χ4n) is 2.26. The van der Waals surface area contributed by atoms with Crippen LogP contribution < -0.4 is 10.1 Å². The Morgan fingerprint density at radius 2 is 1.96 bits per heavy atom. The number of rotatable bonds is 7. The molecule has 0 saturated carbocycles. The maximum absolute atomic E-state index is 12.4. The Morgan fingerprint density at radius 3 is 2.65 bits per heavy atom. The zero-order chi connectivity index (χ0) is 18.9. The highest BCUT2D eigenvalue weighted by molar-refractivity contribution is 6.10. The molecule has 0 aliphatic carbocycles. The van der Waals surface area contributed by atoms with Gasteiger partial charge in [-0.2, -0.15) is 5.26 Å². The number of para-hydroxylation sites is 1. The van der Waals surface area contributed by atoms with Crippen LogP contribution >= 0.6 is 0 Å². The molecule has 0 aliphatic rings. The lowest BCUT2D eigenvalue weighted by atomic mass is 10.1. The van der Waals surface area contributed by atoms with Crippen molar-refractivity contribution in [2.24, 2.45) is 0 Å². The molecule has 0 heterocycles. The molecule has 0 bridgehead atoms. The van der Waals surface area contributed by atoms with E-state index in [1.807, 2.05) is 25.1 Å². The van der Waals surface area contributed by atoms with Crippen LogP contribution in [0.5, 0.6) is 5.75 Å². The third-order valence-electron chi connectivity index (χ3n) is 3.57. The predicted octanol–water partition coefficient (Wildman–Crippen LogP) is 4.22. The van der Waals surface area contributed by atoms with Crippen LogP contribution in [0.25, 0.3) is 6.08 Å². The van der Waals surface area contributed by atoms with Gasteiger partial charge in [0.15, 0.2) is 5.78 Å². The van der Waals surface area contributed by atoms with Crippen molar-refractivity contribution in [1.82, 2.24) is 0 Å². The predicted molar refractivity (Wildman–Crippen MR) is 101 cm³/mol. The Bertz CT molecular complexity index is 879. The number of ether oxygens (including phenoxy) is 1. The van der Waals surface area contributed by atoms with E-state index in [0.717, 1.165) is 6.42 Å². The fourth-order valence-corrected chi connectivity index (χ4v) is 2.26. The smallest absolute Gasteiger partial charge is 0.266 e. The molecule has 0 spiro atoms. The van der Waals surface area contributed by atoms with Crippen molar-refractivity contribution in [3.8, 4) is 11.8 Å². The summed E-state index contributed by atoms with van der Waals surface area (Å²) in [5, 5.41) is 12.0. The Kier molecular flexibility index (Phi) is 6.69. The molecule has 0 saturated heterocycles. The third kappa shape index (κ3) is 5.05. The van der Waals surface area contributed by atoms with E-state index in [-0.39, 0.29) is 11.4 Å². The number of ketones is 1. The van der Waals surface area contributed by atoms with Crippen molar-refractivity contribution >= 4 is 23.5 Å². The monoisotopic (exact) mass is 348 g/mol. The summed E-state index contributed by atoms with van der Waals surface area (Å²) >= 11 is 0. The first-order valence-corrected chi connectivity index (χ1v) is 8.31. The number of nitrogens with zero attached hydrogens (tertiary/aromatic N) is 1. The Hall–Kier alpha value is -3.39. The molecule has 5 nitrogen and oxygen atoms in total. The van der Waals surface area contributed by atoms with Crippen LogP contribution in [0.2, 0.25) is 0 Å². The van der Waals surface area contributed by atoms with Crippen LogP contribution in [0.3, 0.4) is 0 Å². The Labute approximate surface area is 152 Å². The van der Waals surface area contributed by atoms with E-state index >= 15 is 0 Å². The molecule has 132 valence electrons. The van der Waals surface area contributed by atoms with E-state index in [4.69, 9.17) is 4.74 Å². The van der Waals surface area contributed by atoms with Crippen molar-refractivity contribution in [3.05, 3.63) is 65.2 Å². The molecule has 0 fully saturated rings. The lowest BCUT2D eigenvalue weighted by Crippen LogP contribution is -2.14. The van der Waals surface area contributed by atoms with Crippen molar-refractivity contribution in [2.45, 2.75) is 20.3 Å². The van der Waals surface area contributed by atoms with Gasteiger partial charge in [-0.05, 0) is 37.6 Å². The number of nitriles is 1. The molecular formula is C21H20N2O3. The number of nitrogens with one attached hydrogen (secondary N) is 1. The second-order valence-electron chi connectivity index (χ2n) is 5.65. The molecule has 2 aromatic carbocycles. The highest BCUT2D eigenvalue weighted by Crippen LogP contribution is 2.22. The van der Waals surface area contributed by atoms with Gasteiger partial charge in [-0.1, -0.05) is 37.3 Å². The van der Waals surface area contributed by atoms with Crippen LogP contribution in [0, 0.1) is 11.3 Å². The maximum Gasteiger partial charge on any atom is 0.266 e. The zero-order valence-corrected chi connectivity index (χ0v) is 14.8. The highest BCUT2D eigenvalue weighted by Gasteiger charge is 2.12. The average Bonchev–Trinajstić information content (AvgIpc) is 2.65. The lowest BCUT2D eigenvalue weighted by Gasteiger charge is -2.09. The first-order valence-electron chi connectivity index (χ1n) is 8.31. The van der Waals surface area contributed by atoms with E-state index in [0.29, 0.717) is 29.2 Å². The number of Topliss-reactive ketones (excluding diaryl/α,β-unsaturated/α-hetero) is 1. The number of benzene rings is 2. The van der Waals surface area contributed by atoms with Gasteiger partial charge in [0.25, 0.3) is 5.91 Å². The standard InChI is InChI=1S/C21H20N2O3/c1-3-11-26-20-10-5-4-7-17(20)12-18(14-22)21(25)23-19-9-6-8-16(13-19)15(2)24/h4-10,12-13H,3,11H2,1-2H3,(H,23,25)/b18-12+. The summed E-state index contributed by atoms with van der Waals surface area (Å²) in [5.74, 6) is -0.0221. The third-order valence-corrected chi connectivity index (χ3v) is 3.57.